The lowest BCUT2D eigenvalue weighted by Crippen LogP contribution is -2.24. The molecule has 3 aromatic rings. The number of aryl methyl sites for hydroxylation is 2. The number of carbonyl (C=O) groups is 1. The third-order valence-electron chi connectivity index (χ3n) is 4.96. The van der Waals surface area contributed by atoms with Crippen LogP contribution in [0.1, 0.15) is 18.2 Å². The molecule has 10 heteroatoms. The van der Waals surface area contributed by atoms with Gasteiger partial charge in [0, 0.05) is 30.0 Å². The molecular formula is C22H20N4O4S2. The van der Waals surface area contributed by atoms with Gasteiger partial charge in [-0.1, -0.05) is 30.8 Å². The van der Waals surface area contributed by atoms with Crippen LogP contribution in [-0.2, 0) is 17.6 Å². The van der Waals surface area contributed by atoms with E-state index in [0.29, 0.717) is 27.8 Å². The zero-order chi connectivity index (χ0) is 22.7. The van der Waals surface area contributed by atoms with Crippen LogP contribution in [0.4, 0.5) is 11.4 Å². The van der Waals surface area contributed by atoms with E-state index in [9.17, 15) is 19.7 Å². The average molecular weight is 469 g/mol. The first-order valence-corrected chi connectivity index (χ1v) is 12.0. The quantitative estimate of drug-likeness (QED) is 0.241. The highest BCUT2D eigenvalue weighted by Gasteiger charge is 2.23. The molecule has 164 valence electrons. The van der Waals surface area contributed by atoms with Crippen LogP contribution in [0.3, 0.4) is 0 Å². The summed E-state index contributed by atoms with van der Waals surface area (Å²) in [6.07, 6.45) is 1.62. The summed E-state index contributed by atoms with van der Waals surface area (Å²) in [5, 5.41) is 14.2. The van der Waals surface area contributed by atoms with Crippen molar-refractivity contribution in [1.82, 2.24) is 9.55 Å². The Morgan fingerprint density at radius 1 is 1.22 bits per heavy atom. The molecule has 0 aliphatic carbocycles. The molecule has 0 saturated heterocycles. The maximum atomic E-state index is 13.2. The first-order valence-electron chi connectivity index (χ1n) is 10.0. The van der Waals surface area contributed by atoms with Gasteiger partial charge in [0.2, 0.25) is 5.91 Å². The van der Waals surface area contributed by atoms with E-state index in [1.54, 1.807) is 0 Å². The van der Waals surface area contributed by atoms with Crippen molar-refractivity contribution in [1.29, 1.82) is 0 Å². The summed E-state index contributed by atoms with van der Waals surface area (Å²) in [7, 11) is 0. The second kappa shape index (κ2) is 9.58. The number of non-ortho nitro benzene ring substituents is 1. The van der Waals surface area contributed by atoms with Gasteiger partial charge in [-0.2, -0.15) is 0 Å². The Kier molecular flexibility index (Phi) is 6.61. The van der Waals surface area contributed by atoms with E-state index in [1.165, 1.54) is 46.2 Å². The summed E-state index contributed by atoms with van der Waals surface area (Å²) in [5.74, 6) is 0.639. The first kappa shape index (κ1) is 22.1. The Morgan fingerprint density at radius 3 is 2.59 bits per heavy atom. The summed E-state index contributed by atoms with van der Waals surface area (Å²) in [5.41, 5.74) is 2.82. The molecule has 1 aliphatic rings. The van der Waals surface area contributed by atoms with Crippen LogP contribution in [0.25, 0.3) is 5.69 Å². The van der Waals surface area contributed by atoms with Crippen LogP contribution >= 0.6 is 23.5 Å². The van der Waals surface area contributed by atoms with Crippen molar-refractivity contribution in [2.24, 2.45) is 0 Å². The number of anilines is 1. The smallest absolute Gasteiger partial charge is 0.272 e. The lowest BCUT2D eigenvalue weighted by atomic mass is 10.1. The van der Waals surface area contributed by atoms with Crippen LogP contribution in [0.15, 0.2) is 63.4 Å². The Morgan fingerprint density at radius 2 is 1.94 bits per heavy atom. The van der Waals surface area contributed by atoms with E-state index < -0.39 is 4.92 Å². The monoisotopic (exact) mass is 468 g/mol. The molecule has 0 bridgehead atoms. The van der Waals surface area contributed by atoms with Gasteiger partial charge >= 0.3 is 0 Å². The number of carbonyl (C=O) groups excluding carboxylic acids is 1. The molecule has 0 saturated carbocycles. The van der Waals surface area contributed by atoms with Crippen LogP contribution < -0.4 is 10.9 Å². The van der Waals surface area contributed by atoms with Gasteiger partial charge in [0.1, 0.15) is 0 Å². The number of benzene rings is 2. The molecule has 0 fully saturated rings. The number of nitrogens with one attached hydrogen (secondary N) is 1. The summed E-state index contributed by atoms with van der Waals surface area (Å²) in [6.45, 7) is 2.07. The van der Waals surface area contributed by atoms with Crippen molar-refractivity contribution < 1.29 is 9.72 Å². The predicted octanol–water partition coefficient (Wildman–Crippen LogP) is 4.08. The third-order valence-corrected chi connectivity index (χ3v) is 7.01. The number of fused-ring (bicyclic) bond motifs is 1. The van der Waals surface area contributed by atoms with Crippen LogP contribution in [0.5, 0.6) is 0 Å². The molecule has 1 aliphatic heterocycles. The van der Waals surface area contributed by atoms with Crippen LogP contribution in [0, 0.1) is 10.1 Å². The Hall–Kier alpha value is -3.11. The molecule has 4 rings (SSSR count). The minimum absolute atomic E-state index is 0.0621. The molecule has 1 aromatic heterocycles. The topological polar surface area (TPSA) is 107 Å². The van der Waals surface area contributed by atoms with Gasteiger partial charge in [0.25, 0.3) is 11.2 Å². The minimum atomic E-state index is -0.490. The van der Waals surface area contributed by atoms with Gasteiger partial charge in [-0.15, -0.1) is 11.8 Å². The number of thioether (sulfide) groups is 2. The fourth-order valence-electron chi connectivity index (χ4n) is 3.29. The zero-order valence-corrected chi connectivity index (χ0v) is 18.9. The molecular weight excluding hydrogens is 448 g/mol. The number of aromatic nitrogens is 2. The third kappa shape index (κ3) is 4.71. The number of nitro benzene ring substituents is 1. The van der Waals surface area contributed by atoms with E-state index in [4.69, 9.17) is 0 Å². The summed E-state index contributed by atoms with van der Waals surface area (Å²) >= 11 is 2.62. The van der Waals surface area contributed by atoms with E-state index in [1.807, 2.05) is 24.3 Å². The second-order valence-corrected chi connectivity index (χ2v) is 9.12. The standard InChI is InChI=1S/C22H20N4O4S2/c1-2-14-3-5-15(6-4-14)23-19(27)13-32-22-24-18-11-12-31-20(18)21(28)25(22)16-7-9-17(10-8-16)26(29)30/h3-10H,2,11-13H2,1H3,(H,23,27). The maximum absolute atomic E-state index is 13.2. The molecule has 32 heavy (non-hydrogen) atoms. The van der Waals surface area contributed by atoms with Gasteiger partial charge in [-0.25, -0.2) is 4.98 Å². The molecule has 0 spiro atoms. The molecule has 2 heterocycles. The molecule has 0 unspecified atom stereocenters. The normalized spacial score (nSPS) is 12.4. The zero-order valence-electron chi connectivity index (χ0n) is 17.2. The minimum Gasteiger partial charge on any atom is -0.325 e. The molecule has 0 atom stereocenters. The van der Waals surface area contributed by atoms with E-state index in [2.05, 4.69) is 17.2 Å². The molecule has 1 N–H and O–H groups in total. The fourth-order valence-corrected chi connectivity index (χ4v) is 5.14. The van der Waals surface area contributed by atoms with E-state index in [-0.39, 0.29) is 22.9 Å². The Bertz CT molecular complexity index is 1220. The number of hydrogen-bond donors (Lipinski definition) is 1. The van der Waals surface area contributed by atoms with E-state index >= 15 is 0 Å². The molecule has 8 nitrogen and oxygen atoms in total. The number of rotatable bonds is 7. The highest BCUT2D eigenvalue weighted by atomic mass is 32.2. The van der Waals surface area contributed by atoms with Crippen molar-refractivity contribution in [3.63, 3.8) is 0 Å². The van der Waals surface area contributed by atoms with Crippen molar-refractivity contribution in [2.75, 3.05) is 16.8 Å². The molecule has 1 amide bonds. The lowest BCUT2D eigenvalue weighted by molar-refractivity contribution is -0.384. The van der Waals surface area contributed by atoms with Crippen LogP contribution in [0.2, 0.25) is 0 Å². The lowest BCUT2D eigenvalue weighted by Gasteiger charge is -2.13. The van der Waals surface area contributed by atoms with Gasteiger partial charge in [-0.3, -0.25) is 24.3 Å². The molecule has 2 aromatic carbocycles. The van der Waals surface area contributed by atoms with Crippen molar-refractivity contribution in [3.8, 4) is 5.69 Å². The highest BCUT2D eigenvalue weighted by Crippen LogP contribution is 2.30. The largest absolute Gasteiger partial charge is 0.325 e. The Labute approximate surface area is 192 Å². The highest BCUT2D eigenvalue weighted by molar-refractivity contribution is 8.00. The average Bonchev–Trinajstić information content (AvgIpc) is 3.27. The second-order valence-electron chi connectivity index (χ2n) is 7.07. The van der Waals surface area contributed by atoms with Gasteiger partial charge in [0.15, 0.2) is 5.16 Å². The van der Waals surface area contributed by atoms with Crippen molar-refractivity contribution in [3.05, 3.63) is 80.3 Å². The van der Waals surface area contributed by atoms with Crippen LogP contribution in [-0.4, -0.2) is 31.9 Å². The first-order chi connectivity index (χ1) is 15.5. The maximum Gasteiger partial charge on any atom is 0.272 e. The van der Waals surface area contributed by atoms with E-state index in [0.717, 1.165) is 29.6 Å². The Balaban J connectivity index is 1.58. The predicted molar refractivity (Wildman–Crippen MR) is 126 cm³/mol. The van der Waals surface area contributed by atoms with Gasteiger partial charge in [-0.05, 0) is 36.2 Å². The van der Waals surface area contributed by atoms with Gasteiger partial charge < -0.3 is 5.32 Å². The van der Waals surface area contributed by atoms with Crippen molar-refractivity contribution >= 4 is 40.8 Å². The number of hydrogen-bond acceptors (Lipinski definition) is 7. The summed E-state index contributed by atoms with van der Waals surface area (Å²) < 4.78 is 1.43. The number of amides is 1. The van der Waals surface area contributed by atoms with Gasteiger partial charge in [0.05, 0.1) is 27.0 Å². The number of nitrogens with zero attached hydrogens (tertiary/aromatic N) is 3. The van der Waals surface area contributed by atoms with Crippen molar-refractivity contribution in [2.45, 2.75) is 29.8 Å². The summed E-state index contributed by atoms with van der Waals surface area (Å²) in [6, 6.07) is 13.4. The molecule has 0 radical (unpaired) electrons. The SMILES string of the molecule is CCc1ccc(NC(=O)CSc2nc3c(c(=O)n2-c2ccc([N+](=O)[O-])cc2)SCC3)cc1. The summed E-state index contributed by atoms with van der Waals surface area (Å²) in [4.78, 5) is 41.4. The fraction of sp³-hybridized carbons (Fsp3) is 0.227. The number of nitro groups is 1.